The van der Waals surface area contributed by atoms with Crippen LogP contribution in [-0.2, 0) is 5.41 Å². The Kier molecular flexibility index (Phi) is 6.31. The van der Waals surface area contributed by atoms with E-state index in [1.807, 2.05) is 0 Å². The van der Waals surface area contributed by atoms with Gasteiger partial charge in [-0.25, -0.2) is 13.6 Å². The first-order valence-electron chi connectivity index (χ1n) is 8.82. The van der Waals surface area contributed by atoms with Crippen molar-refractivity contribution in [2.45, 2.75) is 18.3 Å². The molecule has 1 fully saturated rings. The van der Waals surface area contributed by atoms with Crippen LogP contribution in [0.15, 0.2) is 42.5 Å². The fraction of sp³-hybridized carbons (Fsp3) is 0.350. The van der Waals surface area contributed by atoms with Gasteiger partial charge in [0.1, 0.15) is 11.6 Å². The van der Waals surface area contributed by atoms with Crippen LogP contribution in [0.5, 0.6) is 0 Å². The maximum atomic E-state index is 13.7. The third-order valence-electron chi connectivity index (χ3n) is 5.17. The second kappa shape index (κ2) is 8.52. The molecule has 0 unspecified atom stereocenters. The van der Waals surface area contributed by atoms with Crippen LogP contribution < -0.4 is 10.6 Å². The van der Waals surface area contributed by atoms with Crippen molar-refractivity contribution in [3.63, 3.8) is 0 Å². The SMILES string of the molecule is CN1CCC(CNC(=O)Nc2ccc(F)cc2F)(c2ccc(I)cc2)CC1. The molecule has 0 saturated carbocycles. The zero-order valence-electron chi connectivity index (χ0n) is 15.1. The minimum absolute atomic E-state index is 0.0411. The third-order valence-corrected chi connectivity index (χ3v) is 5.89. The first-order valence-corrected chi connectivity index (χ1v) is 9.90. The highest BCUT2D eigenvalue weighted by Crippen LogP contribution is 2.35. The number of piperidine rings is 1. The Morgan fingerprint density at radius 3 is 2.44 bits per heavy atom. The molecule has 144 valence electrons. The number of amides is 2. The molecule has 3 rings (SSSR count). The number of rotatable bonds is 4. The van der Waals surface area contributed by atoms with Crippen molar-refractivity contribution in [1.82, 2.24) is 10.2 Å². The molecule has 1 aliphatic rings. The normalized spacial score (nSPS) is 16.7. The number of anilines is 1. The summed E-state index contributed by atoms with van der Waals surface area (Å²) in [5, 5.41) is 5.34. The van der Waals surface area contributed by atoms with E-state index in [2.05, 4.69) is 69.4 Å². The number of likely N-dealkylation sites (tertiary alicyclic amines) is 1. The van der Waals surface area contributed by atoms with Crippen LogP contribution in [0.1, 0.15) is 18.4 Å². The van der Waals surface area contributed by atoms with Gasteiger partial charge in [0.2, 0.25) is 0 Å². The summed E-state index contributed by atoms with van der Waals surface area (Å²) in [4.78, 5) is 14.6. The summed E-state index contributed by atoms with van der Waals surface area (Å²) in [5.41, 5.74) is 1.00. The van der Waals surface area contributed by atoms with Crippen LogP contribution in [0.3, 0.4) is 0 Å². The topological polar surface area (TPSA) is 44.4 Å². The van der Waals surface area contributed by atoms with E-state index >= 15 is 0 Å². The Morgan fingerprint density at radius 1 is 1.15 bits per heavy atom. The van der Waals surface area contributed by atoms with Crippen molar-refractivity contribution in [2.75, 3.05) is 32.0 Å². The molecule has 0 spiro atoms. The lowest BCUT2D eigenvalue weighted by Crippen LogP contribution is -2.48. The molecule has 7 heteroatoms. The van der Waals surface area contributed by atoms with Gasteiger partial charge in [-0.15, -0.1) is 0 Å². The van der Waals surface area contributed by atoms with Gasteiger partial charge in [0, 0.05) is 21.6 Å². The van der Waals surface area contributed by atoms with Crippen LogP contribution in [0.4, 0.5) is 19.3 Å². The second-order valence-electron chi connectivity index (χ2n) is 7.02. The summed E-state index contributed by atoms with van der Waals surface area (Å²) in [7, 11) is 2.09. The fourth-order valence-corrected chi connectivity index (χ4v) is 3.78. The number of hydrogen-bond acceptors (Lipinski definition) is 2. The van der Waals surface area contributed by atoms with E-state index in [-0.39, 0.29) is 11.1 Å². The van der Waals surface area contributed by atoms with Crippen molar-refractivity contribution in [3.8, 4) is 0 Å². The van der Waals surface area contributed by atoms with Crippen molar-refractivity contribution in [3.05, 3.63) is 63.2 Å². The van der Waals surface area contributed by atoms with Crippen LogP contribution in [-0.4, -0.2) is 37.6 Å². The lowest BCUT2D eigenvalue weighted by molar-refractivity contribution is 0.183. The molecule has 2 amide bonds. The summed E-state index contributed by atoms with van der Waals surface area (Å²) in [6, 6.07) is 11.0. The molecule has 2 N–H and O–H groups in total. The summed E-state index contributed by atoms with van der Waals surface area (Å²) < 4.78 is 27.9. The largest absolute Gasteiger partial charge is 0.337 e. The number of halogens is 3. The lowest BCUT2D eigenvalue weighted by Gasteiger charge is -2.41. The van der Waals surface area contributed by atoms with E-state index in [0.717, 1.165) is 41.6 Å². The molecular weight excluding hydrogens is 463 g/mol. The average molecular weight is 485 g/mol. The smallest absolute Gasteiger partial charge is 0.319 e. The van der Waals surface area contributed by atoms with Crippen molar-refractivity contribution >= 4 is 34.3 Å². The van der Waals surface area contributed by atoms with E-state index < -0.39 is 17.7 Å². The Hall–Kier alpha value is -1.74. The molecule has 1 aliphatic heterocycles. The van der Waals surface area contributed by atoms with Crippen LogP contribution in [0.25, 0.3) is 0 Å². The molecule has 0 aliphatic carbocycles. The fourth-order valence-electron chi connectivity index (χ4n) is 3.42. The van der Waals surface area contributed by atoms with Gasteiger partial charge in [0.15, 0.2) is 0 Å². The molecule has 2 aromatic carbocycles. The minimum atomic E-state index is -0.795. The van der Waals surface area contributed by atoms with Gasteiger partial charge in [-0.05, 0) is 85.4 Å². The molecule has 2 aromatic rings. The van der Waals surface area contributed by atoms with Gasteiger partial charge in [0.05, 0.1) is 5.69 Å². The minimum Gasteiger partial charge on any atom is -0.337 e. The van der Waals surface area contributed by atoms with E-state index in [1.165, 1.54) is 11.6 Å². The van der Waals surface area contributed by atoms with Crippen LogP contribution >= 0.6 is 22.6 Å². The number of hydrogen-bond donors (Lipinski definition) is 2. The maximum Gasteiger partial charge on any atom is 0.319 e. The molecule has 1 heterocycles. The predicted octanol–water partition coefficient (Wildman–Crippen LogP) is 4.35. The van der Waals surface area contributed by atoms with Gasteiger partial charge in [-0.1, -0.05) is 12.1 Å². The van der Waals surface area contributed by atoms with Crippen molar-refractivity contribution < 1.29 is 13.6 Å². The van der Waals surface area contributed by atoms with Gasteiger partial charge >= 0.3 is 6.03 Å². The first-order chi connectivity index (χ1) is 12.9. The zero-order valence-corrected chi connectivity index (χ0v) is 17.2. The number of carbonyl (C=O) groups is 1. The lowest BCUT2D eigenvalue weighted by atomic mass is 9.72. The number of urea groups is 1. The van der Waals surface area contributed by atoms with E-state index in [4.69, 9.17) is 0 Å². The molecule has 1 saturated heterocycles. The predicted molar refractivity (Wildman–Crippen MR) is 111 cm³/mol. The van der Waals surface area contributed by atoms with E-state index in [0.29, 0.717) is 6.54 Å². The quantitative estimate of drug-likeness (QED) is 0.633. The summed E-state index contributed by atoms with van der Waals surface area (Å²) >= 11 is 2.27. The summed E-state index contributed by atoms with van der Waals surface area (Å²) in [5.74, 6) is -1.47. The number of benzene rings is 2. The molecule has 27 heavy (non-hydrogen) atoms. The standard InChI is InChI=1S/C20H22F2IN3O/c1-26-10-8-20(9-11-26,14-2-5-16(23)6-3-14)13-24-19(27)25-18-7-4-15(21)12-17(18)22/h2-7,12H,8-11,13H2,1H3,(H2,24,25,27). The average Bonchev–Trinajstić information content (AvgIpc) is 2.65. The van der Waals surface area contributed by atoms with Crippen LogP contribution in [0.2, 0.25) is 0 Å². The maximum absolute atomic E-state index is 13.7. The molecule has 4 nitrogen and oxygen atoms in total. The van der Waals surface area contributed by atoms with E-state index in [1.54, 1.807) is 0 Å². The van der Waals surface area contributed by atoms with Crippen molar-refractivity contribution in [2.24, 2.45) is 0 Å². The molecule has 0 bridgehead atoms. The third kappa shape index (κ3) is 4.95. The Labute approximate surface area is 171 Å². The highest BCUT2D eigenvalue weighted by molar-refractivity contribution is 14.1. The molecular formula is C20H22F2IN3O. The van der Waals surface area contributed by atoms with Gasteiger partial charge < -0.3 is 15.5 Å². The number of nitrogens with one attached hydrogen (secondary N) is 2. The second-order valence-corrected chi connectivity index (χ2v) is 8.27. The highest BCUT2D eigenvalue weighted by Gasteiger charge is 2.35. The first kappa shape index (κ1) is 20.0. The van der Waals surface area contributed by atoms with Crippen LogP contribution in [0, 0.1) is 15.2 Å². The van der Waals surface area contributed by atoms with Crippen molar-refractivity contribution in [1.29, 1.82) is 0 Å². The number of carbonyl (C=O) groups excluding carboxylic acids is 1. The Balaban J connectivity index is 1.71. The Morgan fingerprint density at radius 2 is 1.81 bits per heavy atom. The Bertz CT molecular complexity index is 805. The highest BCUT2D eigenvalue weighted by atomic mass is 127. The zero-order chi connectivity index (χ0) is 19.4. The number of nitrogens with zero attached hydrogens (tertiary/aromatic N) is 1. The molecule has 0 atom stereocenters. The van der Waals surface area contributed by atoms with Gasteiger partial charge in [-0.3, -0.25) is 0 Å². The monoisotopic (exact) mass is 485 g/mol. The summed E-state index contributed by atoms with van der Waals surface area (Å²) in [6.45, 7) is 2.35. The van der Waals surface area contributed by atoms with E-state index in [9.17, 15) is 13.6 Å². The molecule has 0 radical (unpaired) electrons. The van der Waals surface area contributed by atoms with Gasteiger partial charge in [0.25, 0.3) is 0 Å². The summed E-state index contributed by atoms with van der Waals surface area (Å²) in [6.07, 6.45) is 1.85. The van der Waals surface area contributed by atoms with Gasteiger partial charge in [-0.2, -0.15) is 0 Å². The molecule has 0 aromatic heterocycles.